The molecule has 6 rings (SSSR count). The van der Waals surface area contributed by atoms with Gasteiger partial charge in [-0.2, -0.15) is 0 Å². The molecule has 4 saturated carbocycles. The first-order chi connectivity index (χ1) is 17.1. The number of hydrogen-bond acceptors (Lipinski definition) is 6. The number of fused-ring (bicyclic) bond motifs is 7. The van der Waals surface area contributed by atoms with E-state index in [-0.39, 0.29) is 41.8 Å². The van der Waals surface area contributed by atoms with Crippen LogP contribution < -0.4 is 0 Å². The maximum atomic E-state index is 12.2. The predicted octanol–water partition coefficient (Wildman–Crippen LogP) is 4.33. The zero-order chi connectivity index (χ0) is 25.5. The van der Waals surface area contributed by atoms with Crippen molar-refractivity contribution in [3.8, 4) is 0 Å². The molecule has 0 radical (unpaired) electrons. The van der Waals surface area contributed by atoms with Crippen LogP contribution in [0.4, 0.5) is 0 Å². The molecule has 0 bridgehead atoms. The number of rotatable bonds is 4. The molecule has 0 amide bonds. The Hall–Kier alpha value is -1.05. The number of allylic oxidation sites excluding steroid dienone is 4. The summed E-state index contributed by atoms with van der Waals surface area (Å²) in [4.78, 5) is 12.2. The maximum absolute atomic E-state index is 12.2. The van der Waals surface area contributed by atoms with Crippen LogP contribution in [0.3, 0.4) is 0 Å². The largest absolute Gasteiger partial charge is 0.394 e. The second-order valence-electron chi connectivity index (χ2n) is 13.2. The van der Waals surface area contributed by atoms with E-state index in [2.05, 4.69) is 26.8 Å². The fourth-order valence-corrected chi connectivity index (χ4v) is 10.1. The van der Waals surface area contributed by atoms with Crippen molar-refractivity contribution in [2.45, 2.75) is 108 Å². The Labute approximate surface area is 215 Å². The van der Waals surface area contributed by atoms with Gasteiger partial charge in [-0.25, -0.2) is 0 Å². The first-order valence-corrected chi connectivity index (χ1v) is 14.3. The van der Waals surface area contributed by atoms with Crippen molar-refractivity contribution < 1.29 is 29.2 Å². The summed E-state index contributed by atoms with van der Waals surface area (Å²) in [6, 6.07) is 0. The van der Waals surface area contributed by atoms with Gasteiger partial charge < -0.3 is 24.4 Å². The molecule has 0 aromatic heterocycles. The number of carbonyl (C=O) groups is 1. The van der Waals surface area contributed by atoms with Gasteiger partial charge in [-0.1, -0.05) is 44.8 Å². The summed E-state index contributed by atoms with van der Waals surface area (Å²) < 4.78 is 20.2. The van der Waals surface area contributed by atoms with Crippen molar-refractivity contribution in [1.82, 2.24) is 0 Å². The monoisotopic (exact) mass is 500 g/mol. The Kier molecular flexibility index (Phi) is 5.94. The number of hydrogen-bond donors (Lipinski definition) is 2. The first kappa shape index (κ1) is 25.2. The molecule has 6 heteroatoms. The lowest BCUT2D eigenvalue weighted by atomic mass is 9.46. The van der Waals surface area contributed by atoms with Gasteiger partial charge in [0.25, 0.3) is 0 Å². The highest BCUT2D eigenvalue weighted by molar-refractivity contribution is 6.01. The van der Waals surface area contributed by atoms with E-state index in [0.717, 1.165) is 38.5 Å². The van der Waals surface area contributed by atoms with E-state index in [9.17, 15) is 15.0 Å². The van der Waals surface area contributed by atoms with E-state index in [1.54, 1.807) is 13.2 Å². The molecule has 6 nitrogen and oxygen atoms in total. The number of methoxy groups -OCH3 is 1. The Morgan fingerprint density at radius 1 is 1.17 bits per heavy atom. The third-order valence-corrected chi connectivity index (χ3v) is 11.8. The zero-order valence-electron chi connectivity index (χ0n) is 22.4. The van der Waals surface area contributed by atoms with Crippen molar-refractivity contribution in [3.63, 3.8) is 0 Å². The van der Waals surface area contributed by atoms with Gasteiger partial charge in [0.05, 0.1) is 18.8 Å². The van der Waals surface area contributed by atoms with Crippen LogP contribution in [0.25, 0.3) is 0 Å². The second-order valence-corrected chi connectivity index (χ2v) is 13.2. The molecule has 1 aliphatic heterocycles. The van der Waals surface area contributed by atoms with E-state index >= 15 is 0 Å². The van der Waals surface area contributed by atoms with Crippen LogP contribution >= 0.6 is 0 Å². The van der Waals surface area contributed by atoms with Crippen molar-refractivity contribution in [2.75, 3.05) is 13.7 Å². The molecule has 0 spiro atoms. The average molecular weight is 501 g/mol. The van der Waals surface area contributed by atoms with Crippen LogP contribution in [0, 0.1) is 34.5 Å². The van der Waals surface area contributed by atoms with Crippen molar-refractivity contribution in [1.29, 1.82) is 0 Å². The summed E-state index contributed by atoms with van der Waals surface area (Å²) in [5.41, 5.74) is -0.352. The van der Waals surface area contributed by atoms with E-state index in [1.165, 1.54) is 24.8 Å². The fraction of sp³-hybridized carbons (Fsp3) is 0.833. The van der Waals surface area contributed by atoms with Crippen LogP contribution in [0.2, 0.25) is 0 Å². The van der Waals surface area contributed by atoms with Gasteiger partial charge in [-0.15, -0.1) is 0 Å². The summed E-state index contributed by atoms with van der Waals surface area (Å²) in [5, 5.41) is 21.9. The third-order valence-electron chi connectivity index (χ3n) is 11.8. The second kappa shape index (κ2) is 8.47. The lowest BCUT2D eigenvalue weighted by Gasteiger charge is -2.61. The molecule has 1 saturated heterocycles. The topological polar surface area (TPSA) is 85.2 Å². The van der Waals surface area contributed by atoms with Crippen molar-refractivity contribution in [3.05, 3.63) is 23.8 Å². The maximum Gasteiger partial charge on any atom is 0.178 e. The normalized spacial score (nSPS) is 51.2. The SMILES string of the molecule is CO[C@H]1CC2(C)C(C[C@H]3O[C@@](C)(C4CCCCC4)O[C@]32C(O)CO)C2CCC3=CC(=O)C=C[C@]3(C)C21. The standard InChI is InChI=1S/C30H44O6/c1-27-13-12-20(32)14-19(27)10-11-21-22-15-25-30(24(33)17-31,28(22,2)16-23(34-4)26(21)27)36-29(3,35-25)18-8-6-5-7-9-18/h12-14,18,21-26,31,33H,5-11,15-17H2,1-4H3/t21?,22?,23-,24?,25+,26?,27-,28?,29+,30+/m0/s1. The number of aliphatic hydroxyl groups is 2. The zero-order valence-corrected chi connectivity index (χ0v) is 22.4. The first-order valence-electron chi connectivity index (χ1n) is 14.3. The minimum Gasteiger partial charge on any atom is -0.394 e. The van der Waals surface area contributed by atoms with Gasteiger partial charge in [0.15, 0.2) is 11.6 Å². The van der Waals surface area contributed by atoms with Crippen molar-refractivity contribution in [2.24, 2.45) is 34.5 Å². The molecule has 5 unspecified atom stereocenters. The number of carbonyl (C=O) groups excluding carboxylic acids is 1. The fourth-order valence-electron chi connectivity index (χ4n) is 10.1. The molecule has 10 atom stereocenters. The van der Waals surface area contributed by atoms with Crippen molar-refractivity contribution >= 4 is 5.78 Å². The highest BCUT2D eigenvalue weighted by Gasteiger charge is 2.77. The van der Waals surface area contributed by atoms with Gasteiger partial charge in [0.1, 0.15) is 11.7 Å². The van der Waals surface area contributed by atoms with Gasteiger partial charge in [-0.05, 0) is 69.4 Å². The number of aliphatic hydroxyl groups excluding tert-OH is 2. The van der Waals surface area contributed by atoms with E-state index in [0.29, 0.717) is 11.8 Å². The molecule has 36 heavy (non-hydrogen) atoms. The summed E-state index contributed by atoms with van der Waals surface area (Å²) >= 11 is 0. The van der Waals surface area contributed by atoms with Crippen LogP contribution in [-0.4, -0.2) is 59.4 Å². The Balaban J connectivity index is 1.40. The minimum atomic E-state index is -1.01. The quantitative estimate of drug-likeness (QED) is 0.598. The molecule has 5 fully saturated rings. The molecule has 0 aromatic rings. The molecule has 200 valence electrons. The predicted molar refractivity (Wildman–Crippen MR) is 135 cm³/mol. The van der Waals surface area contributed by atoms with Crippen LogP contribution in [-0.2, 0) is 19.0 Å². The summed E-state index contributed by atoms with van der Waals surface area (Å²) in [6.07, 6.45) is 13.6. The Bertz CT molecular complexity index is 968. The number of ether oxygens (including phenoxy) is 3. The molecule has 0 aromatic carbocycles. The minimum absolute atomic E-state index is 0.0468. The lowest BCUT2D eigenvalue weighted by Crippen LogP contribution is -2.65. The molecule has 6 aliphatic rings. The van der Waals surface area contributed by atoms with Crippen LogP contribution in [0.1, 0.15) is 78.6 Å². The molecule has 5 aliphatic carbocycles. The van der Waals surface area contributed by atoms with Gasteiger partial charge in [0.2, 0.25) is 0 Å². The van der Waals surface area contributed by atoms with Gasteiger partial charge in [0, 0.05) is 29.8 Å². The molecular weight excluding hydrogens is 456 g/mol. The molecule has 1 heterocycles. The van der Waals surface area contributed by atoms with Gasteiger partial charge in [-0.3, -0.25) is 4.79 Å². The summed E-state index contributed by atoms with van der Waals surface area (Å²) in [7, 11) is 1.80. The van der Waals surface area contributed by atoms with Gasteiger partial charge >= 0.3 is 0 Å². The average Bonchev–Trinajstić information content (AvgIpc) is 3.32. The van der Waals surface area contributed by atoms with Crippen LogP contribution in [0.5, 0.6) is 0 Å². The summed E-state index contributed by atoms with van der Waals surface area (Å²) in [6.45, 7) is 6.27. The number of ketones is 1. The lowest BCUT2D eigenvalue weighted by molar-refractivity contribution is -0.279. The van der Waals surface area contributed by atoms with E-state index in [1.807, 2.05) is 6.08 Å². The van der Waals surface area contributed by atoms with E-state index < -0.39 is 22.9 Å². The Morgan fingerprint density at radius 3 is 2.61 bits per heavy atom. The highest BCUT2D eigenvalue weighted by Crippen LogP contribution is 2.71. The molecular formula is C30H44O6. The summed E-state index contributed by atoms with van der Waals surface area (Å²) in [5.74, 6) is 0.532. The Morgan fingerprint density at radius 2 is 1.92 bits per heavy atom. The smallest absolute Gasteiger partial charge is 0.178 e. The highest BCUT2D eigenvalue weighted by atomic mass is 16.8. The molecule has 2 N–H and O–H groups in total. The van der Waals surface area contributed by atoms with Crippen LogP contribution in [0.15, 0.2) is 23.8 Å². The van der Waals surface area contributed by atoms with E-state index in [4.69, 9.17) is 14.2 Å². The third kappa shape index (κ3) is 3.17.